The summed E-state index contributed by atoms with van der Waals surface area (Å²) in [6.45, 7) is 3.49. The van der Waals surface area contributed by atoms with E-state index in [2.05, 4.69) is 20.6 Å². The maximum absolute atomic E-state index is 12.2. The second-order valence-electron chi connectivity index (χ2n) is 5.40. The van der Waals surface area contributed by atoms with Crippen LogP contribution in [-0.2, 0) is 9.59 Å². The Morgan fingerprint density at radius 2 is 1.96 bits per heavy atom. The molecule has 0 aliphatic rings. The van der Waals surface area contributed by atoms with E-state index in [9.17, 15) is 14.4 Å². The summed E-state index contributed by atoms with van der Waals surface area (Å²) < 4.78 is 0. The molecule has 0 fully saturated rings. The van der Waals surface area contributed by atoms with Gasteiger partial charge in [-0.15, -0.1) is 0 Å². The van der Waals surface area contributed by atoms with Gasteiger partial charge in [-0.05, 0) is 31.5 Å². The van der Waals surface area contributed by atoms with E-state index in [1.807, 2.05) is 6.92 Å². The fraction of sp³-hybridized carbons (Fsp3) is 0.400. The fourth-order valence-corrected chi connectivity index (χ4v) is 2.31. The number of imidazole rings is 1. The highest BCUT2D eigenvalue weighted by Gasteiger charge is 2.22. The van der Waals surface area contributed by atoms with Gasteiger partial charge in [0.1, 0.15) is 6.04 Å². The van der Waals surface area contributed by atoms with Gasteiger partial charge in [-0.2, -0.15) is 0 Å². The molecule has 23 heavy (non-hydrogen) atoms. The van der Waals surface area contributed by atoms with Gasteiger partial charge in [-0.3, -0.25) is 14.9 Å². The molecule has 0 saturated carbocycles. The summed E-state index contributed by atoms with van der Waals surface area (Å²) >= 11 is 0. The fourth-order valence-electron chi connectivity index (χ4n) is 2.31. The van der Waals surface area contributed by atoms with Crippen molar-refractivity contribution in [1.29, 1.82) is 0 Å². The molecule has 0 spiro atoms. The number of carboxylic acids is 1. The molecule has 2 aromatic rings. The SMILES string of the molecule is CCCC(NC(C)C(=O)Nc1ccc2[nH]c(=O)[nH]c2c1)C(=O)O. The zero-order valence-corrected chi connectivity index (χ0v) is 13.0. The zero-order valence-electron chi connectivity index (χ0n) is 13.0. The summed E-state index contributed by atoms with van der Waals surface area (Å²) in [5.74, 6) is -1.32. The smallest absolute Gasteiger partial charge is 0.323 e. The number of benzene rings is 1. The van der Waals surface area contributed by atoms with Crippen LogP contribution in [0.15, 0.2) is 23.0 Å². The van der Waals surface area contributed by atoms with Crippen molar-refractivity contribution < 1.29 is 14.7 Å². The van der Waals surface area contributed by atoms with Crippen molar-refractivity contribution in [3.8, 4) is 0 Å². The molecule has 2 atom stereocenters. The normalized spacial score (nSPS) is 13.7. The number of aromatic nitrogens is 2. The first kappa shape index (κ1) is 16.8. The van der Waals surface area contributed by atoms with Gasteiger partial charge in [0.25, 0.3) is 0 Å². The highest BCUT2D eigenvalue weighted by molar-refractivity contribution is 5.96. The Morgan fingerprint density at radius 1 is 1.26 bits per heavy atom. The molecule has 2 unspecified atom stereocenters. The van der Waals surface area contributed by atoms with Crippen LogP contribution in [0.25, 0.3) is 11.0 Å². The minimum Gasteiger partial charge on any atom is -0.480 e. The topological polar surface area (TPSA) is 127 Å². The number of amides is 1. The summed E-state index contributed by atoms with van der Waals surface area (Å²) in [7, 11) is 0. The Labute approximate surface area is 132 Å². The van der Waals surface area contributed by atoms with Gasteiger partial charge in [0.2, 0.25) is 5.91 Å². The van der Waals surface area contributed by atoms with Crippen LogP contribution < -0.4 is 16.3 Å². The molecule has 5 N–H and O–H groups in total. The molecular formula is C15H20N4O4. The average molecular weight is 320 g/mol. The molecule has 1 heterocycles. The molecule has 2 rings (SSSR count). The molecule has 0 bridgehead atoms. The molecule has 1 aromatic heterocycles. The number of carbonyl (C=O) groups is 2. The Bertz CT molecular complexity index is 764. The average Bonchev–Trinajstić information content (AvgIpc) is 2.85. The minimum atomic E-state index is -0.974. The Balaban J connectivity index is 2.03. The predicted molar refractivity (Wildman–Crippen MR) is 86.5 cm³/mol. The van der Waals surface area contributed by atoms with Crippen molar-refractivity contribution in [1.82, 2.24) is 15.3 Å². The Kier molecular flexibility index (Phi) is 5.17. The predicted octanol–water partition coefficient (Wildman–Crippen LogP) is 1.03. The summed E-state index contributed by atoms with van der Waals surface area (Å²) in [4.78, 5) is 39.7. The standard InChI is InChI=1S/C15H20N4O4/c1-3-4-11(14(21)22)16-8(2)13(20)17-9-5-6-10-12(7-9)19-15(23)18-10/h5-8,11,16H,3-4H2,1-2H3,(H,17,20)(H,21,22)(H2,18,19,23). The molecule has 1 aromatic carbocycles. The van der Waals surface area contributed by atoms with Gasteiger partial charge in [-0.1, -0.05) is 13.3 Å². The lowest BCUT2D eigenvalue weighted by molar-refractivity contribution is -0.140. The van der Waals surface area contributed by atoms with Gasteiger partial charge in [0.05, 0.1) is 17.1 Å². The number of H-pyrrole nitrogens is 2. The number of anilines is 1. The maximum Gasteiger partial charge on any atom is 0.323 e. The van der Waals surface area contributed by atoms with Gasteiger partial charge < -0.3 is 20.4 Å². The summed E-state index contributed by atoms with van der Waals surface area (Å²) in [5, 5.41) is 14.6. The maximum atomic E-state index is 12.2. The second kappa shape index (κ2) is 7.10. The van der Waals surface area contributed by atoms with Crippen LogP contribution in [-0.4, -0.2) is 39.0 Å². The Hall–Kier alpha value is -2.61. The van der Waals surface area contributed by atoms with Gasteiger partial charge in [0, 0.05) is 5.69 Å². The summed E-state index contributed by atoms with van der Waals surface area (Å²) in [6.07, 6.45) is 1.15. The van der Waals surface area contributed by atoms with Gasteiger partial charge in [0.15, 0.2) is 0 Å². The van der Waals surface area contributed by atoms with Crippen LogP contribution >= 0.6 is 0 Å². The monoisotopic (exact) mass is 320 g/mol. The van der Waals surface area contributed by atoms with Crippen molar-refractivity contribution in [2.45, 2.75) is 38.8 Å². The lowest BCUT2D eigenvalue weighted by Gasteiger charge is -2.19. The quantitative estimate of drug-likeness (QED) is 0.520. The molecule has 0 aliphatic heterocycles. The summed E-state index contributed by atoms with van der Waals surface area (Å²) in [5.41, 5.74) is 1.44. The molecule has 8 nitrogen and oxygen atoms in total. The number of fused-ring (bicyclic) bond motifs is 1. The number of aliphatic carboxylic acids is 1. The number of carboxylic acid groups (broad SMARTS) is 1. The summed E-state index contributed by atoms with van der Waals surface area (Å²) in [6, 6.07) is 3.56. The van der Waals surface area contributed by atoms with Crippen molar-refractivity contribution in [3.63, 3.8) is 0 Å². The third-order valence-electron chi connectivity index (χ3n) is 3.50. The highest BCUT2D eigenvalue weighted by atomic mass is 16.4. The molecule has 124 valence electrons. The molecule has 0 radical (unpaired) electrons. The van der Waals surface area contributed by atoms with Crippen LogP contribution in [0.4, 0.5) is 5.69 Å². The van der Waals surface area contributed by atoms with E-state index in [1.165, 1.54) is 0 Å². The van der Waals surface area contributed by atoms with E-state index < -0.39 is 18.1 Å². The number of aromatic amines is 2. The van der Waals surface area contributed by atoms with E-state index in [1.54, 1.807) is 25.1 Å². The third kappa shape index (κ3) is 4.19. The molecule has 0 saturated heterocycles. The van der Waals surface area contributed by atoms with E-state index >= 15 is 0 Å². The van der Waals surface area contributed by atoms with E-state index in [0.29, 0.717) is 29.6 Å². The van der Waals surface area contributed by atoms with Crippen LogP contribution in [0.5, 0.6) is 0 Å². The van der Waals surface area contributed by atoms with Crippen molar-refractivity contribution in [2.24, 2.45) is 0 Å². The van der Waals surface area contributed by atoms with Gasteiger partial charge >= 0.3 is 11.7 Å². The first-order valence-corrected chi connectivity index (χ1v) is 7.42. The van der Waals surface area contributed by atoms with Crippen molar-refractivity contribution >= 4 is 28.6 Å². The molecule has 0 aliphatic carbocycles. The van der Waals surface area contributed by atoms with Crippen LogP contribution in [0, 0.1) is 0 Å². The van der Waals surface area contributed by atoms with Crippen LogP contribution in [0.3, 0.4) is 0 Å². The molecular weight excluding hydrogens is 300 g/mol. The number of nitrogens with one attached hydrogen (secondary N) is 4. The first-order valence-electron chi connectivity index (χ1n) is 7.42. The first-order chi connectivity index (χ1) is 10.9. The van der Waals surface area contributed by atoms with Crippen molar-refractivity contribution in [3.05, 3.63) is 28.7 Å². The second-order valence-corrected chi connectivity index (χ2v) is 5.40. The number of carbonyl (C=O) groups excluding carboxylic acids is 1. The van der Waals surface area contributed by atoms with Gasteiger partial charge in [-0.25, -0.2) is 4.79 Å². The van der Waals surface area contributed by atoms with Crippen molar-refractivity contribution in [2.75, 3.05) is 5.32 Å². The van der Waals surface area contributed by atoms with Crippen LogP contribution in [0.1, 0.15) is 26.7 Å². The molecule has 1 amide bonds. The number of hydrogen-bond donors (Lipinski definition) is 5. The Morgan fingerprint density at radius 3 is 2.61 bits per heavy atom. The lowest BCUT2D eigenvalue weighted by atomic mass is 10.1. The zero-order chi connectivity index (χ0) is 17.0. The highest BCUT2D eigenvalue weighted by Crippen LogP contribution is 2.14. The van der Waals surface area contributed by atoms with Crippen LogP contribution in [0.2, 0.25) is 0 Å². The third-order valence-corrected chi connectivity index (χ3v) is 3.50. The largest absolute Gasteiger partial charge is 0.480 e. The molecule has 8 heteroatoms. The van der Waals surface area contributed by atoms with E-state index in [0.717, 1.165) is 0 Å². The lowest BCUT2D eigenvalue weighted by Crippen LogP contribution is -2.47. The number of hydrogen-bond acceptors (Lipinski definition) is 4. The van der Waals surface area contributed by atoms with E-state index in [4.69, 9.17) is 5.11 Å². The number of rotatable bonds is 7. The minimum absolute atomic E-state index is 0.317. The van der Waals surface area contributed by atoms with E-state index in [-0.39, 0.29) is 11.6 Å².